The minimum absolute atomic E-state index is 0.0237. The molecule has 0 aromatic heterocycles. The number of hydrogen-bond acceptors (Lipinski definition) is 3. The Morgan fingerprint density at radius 1 is 1.20 bits per heavy atom. The van der Waals surface area contributed by atoms with E-state index in [1.165, 1.54) is 0 Å². The molecule has 1 amide bonds. The maximum absolute atomic E-state index is 12.5. The van der Waals surface area contributed by atoms with Gasteiger partial charge in [-0.1, -0.05) is 35.9 Å². The van der Waals surface area contributed by atoms with Gasteiger partial charge in [-0.2, -0.15) is 0 Å². The number of thioether (sulfide) groups is 1. The highest BCUT2D eigenvalue weighted by Crippen LogP contribution is 2.26. The van der Waals surface area contributed by atoms with Gasteiger partial charge >= 0.3 is 0 Å². The molecule has 1 atom stereocenters. The van der Waals surface area contributed by atoms with E-state index in [1.54, 1.807) is 11.8 Å². The summed E-state index contributed by atoms with van der Waals surface area (Å²) in [5.74, 6) is 0.874. The first-order chi connectivity index (χ1) is 12.2. The molecule has 0 bridgehead atoms. The van der Waals surface area contributed by atoms with Crippen LogP contribution in [-0.2, 0) is 11.2 Å². The zero-order valence-electron chi connectivity index (χ0n) is 14.0. The van der Waals surface area contributed by atoms with Crippen LogP contribution in [0.4, 0.5) is 0 Å². The minimum atomic E-state index is -0.0237. The molecule has 0 radical (unpaired) electrons. The van der Waals surface area contributed by atoms with E-state index in [9.17, 15) is 4.79 Å². The van der Waals surface area contributed by atoms with Crippen molar-refractivity contribution in [1.82, 2.24) is 5.32 Å². The molecule has 0 spiro atoms. The topological polar surface area (TPSA) is 38.3 Å². The van der Waals surface area contributed by atoms with Crippen LogP contribution in [0.1, 0.15) is 28.8 Å². The molecule has 1 saturated heterocycles. The van der Waals surface area contributed by atoms with Gasteiger partial charge < -0.3 is 10.1 Å². The maximum Gasteiger partial charge on any atom is 0.252 e. The Hall–Kier alpha value is -1.49. The number of nitrogens with one attached hydrogen (secondary N) is 1. The fourth-order valence-corrected chi connectivity index (χ4v) is 4.05. The molecule has 0 aliphatic carbocycles. The molecule has 3 rings (SSSR count). The fraction of sp³-hybridized carbons (Fsp3) is 0.350. The van der Waals surface area contributed by atoms with E-state index in [4.69, 9.17) is 16.3 Å². The quantitative estimate of drug-likeness (QED) is 0.719. The molecule has 3 nitrogen and oxygen atoms in total. The first-order valence-corrected chi connectivity index (χ1v) is 9.95. The third-order valence-electron chi connectivity index (χ3n) is 4.19. The third kappa shape index (κ3) is 5.50. The van der Waals surface area contributed by atoms with Gasteiger partial charge in [0.25, 0.3) is 5.91 Å². The summed E-state index contributed by atoms with van der Waals surface area (Å²) in [7, 11) is 0. The second kappa shape index (κ2) is 9.27. The van der Waals surface area contributed by atoms with Gasteiger partial charge in [-0.3, -0.25) is 4.79 Å². The van der Waals surface area contributed by atoms with Crippen molar-refractivity contribution in [3.63, 3.8) is 0 Å². The second-order valence-corrected chi connectivity index (χ2v) is 7.57. The van der Waals surface area contributed by atoms with Crippen molar-refractivity contribution in [3.8, 4) is 0 Å². The number of amides is 1. The molecule has 132 valence electrons. The van der Waals surface area contributed by atoms with Crippen molar-refractivity contribution in [3.05, 3.63) is 64.7 Å². The largest absolute Gasteiger partial charge is 0.377 e. The monoisotopic (exact) mass is 375 g/mol. The van der Waals surface area contributed by atoms with Crippen LogP contribution in [0.5, 0.6) is 0 Å². The van der Waals surface area contributed by atoms with Crippen LogP contribution in [-0.4, -0.2) is 30.9 Å². The molecule has 1 aliphatic heterocycles. The molecular formula is C20H22ClNO2S. The van der Waals surface area contributed by atoms with Gasteiger partial charge in [0.2, 0.25) is 0 Å². The molecule has 0 saturated carbocycles. The van der Waals surface area contributed by atoms with Crippen LogP contribution in [0.15, 0.2) is 53.4 Å². The van der Waals surface area contributed by atoms with E-state index >= 15 is 0 Å². The Morgan fingerprint density at radius 3 is 2.76 bits per heavy atom. The molecule has 5 heteroatoms. The number of hydrogen-bond donors (Lipinski definition) is 1. The summed E-state index contributed by atoms with van der Waals surface area (Å²) < 4.78 is 5.67. The van der Waals surface area contributed by atoms with Gasteiger partial charge in [0.05, 0.1) is 11.7 Å². The van der Waals surface area contributed by atoms with Crippen LogP contribution < -0.4 is 5.32 Å². The number of benzene rings is 2. The lowest BCUT2D eigenvalue weighted by Crippen LogP contribution is -2.26. The standard InChI is InChI=1S/C20H22ClNO2S/c21-16-9-7-15(8-10-16)11-12-22-20(23)18-5-1-2-6-19(18)25-14-17-4-3-13-24-17/h1-2,5-10,17H,3-4,11-14H2,(H,22,23)/t17-/m1/s1. The maximum atomic E-state index is 12.5. The zero-order chi connectivity index (χ0) is 17.5. The third-order valence-corrected chi connectivity index (χ3v) is 5.65. The predicted molar refractivity (Wildman–Crippen MR) is 104 cm³/mol. The van der Waals surface area contributed by atoms with Crippen molar-refractivity contribution >= 4 is 29.3 Å². The predicted octanol–water partition coefficient (Wildman–Crippen LogP) is 4.58. The minimum Gasteiger partial charge on any atom is -0.377 e. The molecule has 25 heavy (non-hydrogen) atoms. The van der Waals surface area contributed by atoms with Crippen LogP contribution >= 0.6 is 23.4 Å². The summed E-state index contributed by atoms with van der Waals surface area (Å²) in [6, 6.07) is 15.5. The Labute approximate surface area is 158 Å². The van der Waals surface area contributed by atoms with Gasteiger partial charge in [0, 0.05) is 28.8 Å². The summed E-state index contributed by atoms with van der Waals surface area (Å²) in [6.07, 6.45) is 3.35. The molecule has 2 aromatic rings. The molecular weight excluding hydrogens is 354 g/mol. The van der Waals surface area contributed by atoms with Crippen LogP contribution in [0.3, 0.4) is 0 Å². The van der Waals surface area contributed by atoms with Gasteiger partial charge in [-0.05, 0) is 49.1 Å². The normalized spacial score (nSPS) is 16.8. The summed E-state index contributed by atoms with van der Waals surface area (Å²) in [6.45, 7) is 1.46. The Kier molecular flexibility index (Phi) is 6.79. The number of carbonyl (C=O) groups is 1. The van der Waals surface area contributed by atoms with Gasteiger partial charge in [0.1, 0.15) is 0 Å². The molecule has 1 N–H and O–H groups in total. The van der Waals surface area contributed by atoms with Crippen LogP contribution in [0.25, 0.3) is 0 Å². The van der Waals surface area contributed by atoms with Gasteiger partial charge in [-0.15, -0.1) is 11.8 Å². The zero-order valence-corrected chi connectivity index (χ0v) is 15.6. The van der Waals surface area contributed by atoms with E-state index in [0.29, 0.717) is 12.6 Å². The van der Waals surface area contributed by atoms with E-state index < -0.39 is 0 Å². The SMILES string of the molecule is O=C(NCCc1ccc(Cl)cc1)c1ccccc1SC[C@H]1CCCO1. The molecule has 0 unspecified atom stereocenters. The highest BCUT2D eigenvalue weighted by Gasteiger charge is 2.17. The van der Waals surface area contributed by atoms with Crippen molar-refractivity contribution in [2.45, 2.75) is 30.3 Å². The number of carbonyl (C=O) groups excluding carboxylic acids is 1. The lowest BCUT2D eigenvalue weighted by molar-refractivity contribution is 0.0951. The second-order valence-electron chi connectivity index (χ2n) is 6.07. The van der Waals surface area contributed by atoms with Crippen LogP contribution in [0.2, 0.25) is 5.02 Å². The summed E-state index contributed by atoms with van der Waals surface area (Å²) in [4.78, 5) is 13.5. The Morgan fingerprint density at radius 2 is 2.00 bits per heavy atom. The summed E-state index contributed by atoms with van der Waals surface area (Å²) in [5.41, 5.74) is 1.90. The first kappa shape index (κ1) is 18.3. The number of rotatable bonds is 7. The molecule has 2 aromatic carbocycles. The van der Waals surface area contributed by atoms with Gasteiger partial charge in [0.15, 0.2) is 0 Å². The number of ether oxygens (including phenoxy) is 1. The first-order valence-electron chi connectivity index (χ1n) is 8.58. The Bertz CT molecular complexity index is 699. The van der Waals surface area contributed by atoms with E-state index in [1.807, 2.05) is 48.5 Å². The van der Waals surface area contributed by atoms with Crippen molar-refractivity contribution in [1.29, 1.82) is 0 Å². The molecule has 1 aliphatic rings. The summed E-state index contributed by atoms with van der Waals surface area (Å²) in [5, 5.41) is 3.74. The highest BCUT2D eigenvalue weighted by molar-refractivity contribution is 7.99. The van der Waals surface area contributed by atoms with Gasteiger partial charge in [-0.25, -0.2) is 0 Å². The smallest absolute Gasteiger partial charge is 0.252 e. The average molecular weight is 376 g/mol. The molecule has 1 fully saturated rings. The molecule has 1 heterocycles. The van der Waals surface area contributed by atoms with E-state index in [2.05, 4.69) is 5.32 Å². The van der Waals surface area contributed by atoms with E-state index in [-0.39, 0.29) is 5.91 Å². The van der Waals surface area contributed by atoms with Crippen molar-refractivity contribution in [2.75, 3.05) is 18.9 Å². The van der Waals surface area contributed by atoms with Crippen molar-refractivity contribution in [2.24, 2.45) is 0 Å². The Balaban J connectivity index is 1.53. The van der Waals surface area contributed by atoms with E-state index in [0.717, 1.165) is 52.7 Å². The lowest BCUT2D eigenvalue weighted by atomic mass is 10.1. The number of halogens is 1. The highest BCUT2D eigenvalue weighted by atomic mass is 35.5. The summed E-state index contributed by atoms with van der Waals surface area (Å²) >= 11 is 7.59. The van der Waals surface area contributed by atoms with Crippen LogP contribution in [0, 0.1) is 0 Å². The van der Waals surface area contributed by atoms with Crippen molar-refractivity contribution < 1.29 is 9.53 Å². The average Bonchev–Trinajstić information content (AvgIpc) is 3.15. The fourth-order valence-electron chi connectivity index (χ4n) is 2.81. The lowest BCUT2D eigenvalue weighted by Gasteiger charge is -2.12.